The Balaban J connectivity index is 2.47. The first kappa shape index (κ1) is 11.3. The van der Waals surface area contributed by atoms with E-state index < -0.39 is 0 Å². The molecule has 0 aliphatic heterocycles. The lowest BCUT2D eigenvalue weighted by Crippen LogP contribution is -1.82. The maximum absolute atomic E-state index is 8.72. The van der Waals surface area contributed by atoms with Crippen LogP contribution in [0.25, 0.3) is 11.1 Å². The molecule has 0 radical (unpaired) electrons. The van der Waals surface area contributed by atoms with Gasteiger partial charge in [-0.1, -0.05) is 35.7 Å². The van der Waals surface area contributed by atoms with Gasteiger partial charge in [0.2, 0.25) is 0 Å². The minimum absolute atomic E-state index is 0.616. The molecule has 80 valence electrons. The summed E-state index contributed by atoms with van der Waals surface area (Å²) in [7, 11) is 0. The molecule has 0 fully saturated rings. The molecule has 0 unspecified atom stereocenters. The van der Waals surface area contributed by atoms with Crippen LogP contribution < -0.4 is 0 Å². The number of terminal acetylenes is 1. The standard InChI is InChI=1S/C15H8ClN/c1-2-11-5-8-14(15(16)9-11)13-6-3-12(10-17)4-7-13/h1,3-9H. The molecule has 17 heavy (non-hydrogen) atoms. The van der Waals surface area contributed by atoms with Crippen LogP contribution >= 0.6 is 11.6 Å². The molecule has 0 saturated carbocycles. The van der Waals surface area contributed by atoms with Gasteiger partial charge >= 0.3 is 0 Å². The first-order valence-electron chi connectivity index (χ1n) is 5.01. The third kappa shape index (κ3) is 2.31. The van der Waals surface area contributed by atoms with E-state index in [0.29, 0.717) is 10.6 Å². The van der Waals surface area contributed by atoms with Crippen molar-refractivity contribution < 1.29 is 0 Å². The van der Waals surface area contributed by atoms with Crippen LogP contribution in [-0.4, -0.2) is 0 Å². The van der Waals surface area contributed by atoms with Crippen LogP contribution in [0.1, 0.15) is 11.1 Å². The Labute approximate surface area is 105 Å². The Kier molecular flexibility index (Phi) is 3.15. The summed E-state index contributed by atoms with van der Waals surface area (Å²) < 4.78 is 0. The number of hydrogen-bond acceptors (Lipinski definition) is 1. The van der Waals surface area contributed by atoms with E-state index in [-0.39, 0.29) is 0 Å². The van der Waals surface area contributed by atoms with E-state index in [9.17, 15) is 0 Å². The van der Waals surface area contributed by atoms with Crippen LogP contribution in [-0.2, 0) is 0 Å². The number of hydrogen-bond donors (Lipinski definition) is 0. The second-order valence-electron chi connectivity index (χ2n) is 3.53. The largest absolute Gasteiger partial charge is 0.192 e. The number of rotatable bonds is 1. The van der Waals surface area contributed by atoms with Gasteiger partial charge in [-0.05, 0) is 29.8 Å². The Morgan fingerprint density at radius 1 is 1.00 bits per heavy atom. The van der Waals surface area contributed by atoms with Crippen LogP contribution in [0.2, 0.25) is 5.02 Å². The minimum atomic E-state index is 0.616. The second-order valence-corrected chi connectivity index (χ2v) is 3.94. The van der Waals surface area contributed by atoms with E-state index in [1.165, 1.54) is 0 Å². The van der Waals surface area contributed by atoms with Crippen LogP contribution in [0.3, 0.4) is 0 Å². The summed E-state index contributed by atoms with van der Waals surface area (Å²) in [5.41, 5.74) is 3.27. The molecule has 0 heterocycles. The molecule has 1 nitrogen and oxygen atoms in total. The molecule has 0 aromatic heterocycles. The number of benzene rings is 2. The fraction of sp³-hybridized carbons (Fsp3) is 0. The van der Waals surface area contributed by atoms with Crippen molar-refractivity contribution in [1.29, 1.82) is 5.26 Å². The zero-order valence-corrected chi connectivity index (χ0v) is 9.70. The average Bonchev–Trinajstić information content (AvgIpc) is 2.39. The fourth-order valence-corrected chi connectivity index (χ4v) is 1.85. The SMILES string of the molecule is C#Cc1ccc(-c2ccc(C#N)cc2)c(Cl)c1. The van der Waals surface area contributed by atoms with Crippen LogP contribution in [0, 0.1) is 23.7 Å². The molecule has 0 aliphatic carbocycles. The number of nitrogens with zero attached hydrogens (tertiary/aromatic N) is 1. The highest BCUT2D eigenvalue weighted by Crippen LogP contribution is 2.28. The van der Waals surface area contributed by atoms with E-state index in [1.54, 1.807) is 18.2 Å². The summed E-state index contributed by atoms with van der Waals surface area (Å²) in [6, 6.07) is 14.8. The molecule has 2 heteroatoms. The van der Waals surface area contributed by atoms with Gasteiger partial charge in [-0.25, -0.2) is 0 Å². The second kappa shape index (κ2) is 4.74. The van der Waals surface area contributed by atoms with Crippen molar-refractivity contribution in [2.75, 3.05) is 0 Å². The third-order valence-electron chi connectivity index (χ3n) is 2.46. The molecule has 2 aromatic carbocycles. The fourth-order valence-electron chi connectivity index (χ4n) is 1.56. The van der Waals surface area contributed by atoms with Gasteiger partial charge in [0.25, 0.3) is 0 Å². The summed E-state index contributed by atoms with van der Waals surface area (Å²) in [4.78, 5) is 0. The van der Waals surface area contributed by atoms with E-state index in [2.05, 4.69) is 12.0 Å². The summed E-state index contributed by atoms with van der Waals surface area (Å²) in [5, 5.41) is 9.34. The lowest BCUT2D eigenvalue weighted by atomic mass is 10.0. The number of nitriles is 1. The molecule has 2 rings (SSSR count). The summed E-state index contributed by atoms with van der Waals surface area (Å²) in [5.74, 6) is 2.54. The molecule has 0 spiro atoms. The predicted molar refractivity (Wildman–Crippen MR) is 69.5 cm³/mol. The van der Waals surface area contributed by atoms with Crippen molar-refractivity contribution >= 4 is 11.6 Å². The topological polar surface area (TPSA) is 23.8 Å². The monoisotopic (exact) mass is 237 g/mol. The molecule has 0 bridgehead atoms. The smallest absolute Gasteiger partial charge is 0.0991 e. The van der Waals surface area contributed by atoms with Gasteiger partial charge < -0.3 is 0 Å². The van der Waals surface area contributed by atoms with Gasteiger partial charge in [0, 0.05) is 16.1 Å². The molecule has 0 N–H and O–H groups in total. The van der Waals surface area contributed by atoms with Crippen molar-refractivity contribution in [2.24, 2.45) is 0 Å². The van der Waals surface area contributed by atoms with E-state index in [1.807, 2.05) is 24.3 Å². The van der Waals surface area contributed by atoms with Crippen molar-refractivity contribution in [1.82, 2.24) is 0 Å². The van der Waals surface area contributed by atoms with Gasteiger partial charge in [0.1, 0.15) is 0 Å². The molecule has 0 saturated heterocycles. The van der Waals surface area contributed by atoms with Gasteiger partial charge in [-0.15, -0.1) is 6.42 Å². The summed E-state index contributed by atoms with van der Waals surface area (Å²) in [6.07, 6.45) is 5.30. The molecule has 2 aromatic rings. The van der Waals surface area contributed by atoms with Gasteiger partial charge in [0.15, 0.2) is 0 Å². The van der Waals surface area contributed by atoms with Crippen LogP contribution in [0.15, 0.2) is 42.5 Å². The van der Waals surface area contributed by atoms with Crippen molar-refractivity contribution in [3.05, 3.63) is 58.6 Å². The first-order valence-corrected chi connectivity index (χ1v) is 5.39. The quantitative estimate of drug-likeness (QED) is 0.691. The van der Waals surface area contributed by atoms with E-state index >= 15 is 0 Å². The Hall–Kier alpha value is -2.22. The zero-order valence-electron chi connectivity index (χ0n) is 8.94. The Bertz CT molecular complexity index is 627. The predicted octanol–water partition coefficient (Wildman–Crippen LogP) is 3.86. The Morgan fingerprint density at radius 2 is 1.65 bits per heavy atom. The molecular weight excluding hydrogens is 230 g/mol. The lowest BCUT2D eigenvalue weighted by molar-refractivity contribution is 1.48. The summed E-state index contributed by atoms with van der Waals surface area (Å²) >= 11 is 6.16. The maximum Gasteiger partial charge on any atom is 0.0991 e. The minimum Gasteiger partial charge on any atom is -0.192 e. The highest BCUT2D eigenvalue weighted by atomic mass is 35.5. The zero-order chi connectivity index (χ0) is 12.3. The number of halogens is 1. The summed E-state index contributed by atoms with van der Waals surface area (Å²) in [6.45, 7) is 0. The molecule has 0 atom stereocenters. The third-order valence-corrected chi connectivity index (χ3v) is 2.77. The van der Waals surface area contributed by atoms with E-state index in [0.717, 1.165) is 16.7 Å². The average molecular weight is 238 g/mol. The van der Waals surface area contributed by atoms with Crippen molar-refractivity contribution in [3.63, 3.8) is 0 Å². The highest BCUT2D eigenvalue weighted by Gasteiger charge is 2.04. The first-order chi connectivity index (χ1) is 8.24. The normalized spacial score (nSPS) is 9.35. The van der Waals surface area contributed by atoms with Gasteiger partial charge in [-0.2, -0.15) is 5.26 Å². The van der Waals surface area contributed by atoms with E-state index in [4.69, 9.17) is 23.3 Å². The molecule has 0 aliphatic rings. The van der Waals surface area contributed by atoms with Gasteiger partial charge in [-0.3, -0.25) is 0 Å². The van der Waals surface area contributed by atoms with Crippen LogP contribution in [0.5, 0.6) is 0 Å². The van der Waals surface area contributed by atoms with Crippen LogP contribution in [0.4, 0.5) is 0 Å². The van der Waals surface area contributed by atoms with Crippen molar-refractivity contribution in [3.8, 4) is 29.5 Å². The molecular formula is C15H8ClN. The maximum atomic E-state index is 8.72. The van der Waals surface area contributed by atoms with Gasteiger partial charge in [0.05, 0.1) is 11.6 Å². The molecule has 0 amide bonds. The lowest BCUT2D eigenvalue weighted by Gasteiger charge is -2.05. The van der Waals surface area contributed by atoms with Crippen molar-refractivity contribution in [2.45, 2.75) is 0 Å². The Morgan fingerprint density at radius 3 is 2.18 bits per heavy atom. The highest BCUT2D eigenvalue weighted by molar-refractivity contribution is 6.33.